The monoisotopic (exact) mass is 470 g/mol. The second kappa shape index (κ2) is 11.9. The molecule has 0 aliphatic heterocycles. The van der Waals surface area contributed by atoms with Gasteiger partial charge in [-0.15, -0.1) is 0 Å². The van der Waals surface area contributed by atoms with Gasteiger partial charge in [0.2, 0.25) is 0 Å². The van der Waals surface area contributed by atoms with E-state index in [2.05, 4.69) is 5.32 Å². The predicted octanol–water partition coefficient (Wildman–Crippen LogP) is 3.65. The lowest BCUT2D eigenvalue weighted by Gasteiger charge is -2.24. The molecule has 0 spiro atoms. The maximum Gasteiger partial charge on any atom is 0.488 e. The molecular formula is C25H35BN2O6. The molecule has 0 saturated heterocycles. The fourth-order valence-electron chi connectivity index (χ4n) is 3.44. The summed E-state index contributed by atoms with van der Waals surface area (Å²) >= 11 is 0. The smallest absolute Gasteiger partial charge is 0.449 e. The Kier molecular flexibility index (Phi) is 9.52. The predicted molar refractivity (Wildman–Crippen MR) is 133 cm³/mol. The quantitative estimate of drug-likeness (QED) is 0.509. The van der Waals surface area contributed by atoms with E-state index in [1.807, 2.05) is 46.8 Å². The van der Waals surface area contributed by atoms with Gasteiger partial charge in [0.15, 0.2) is 0 Å². The summed E-state index contributed by atoms with van der Waals surface area (Å²) in [6, 6.07) is 12.4. The maximum absolute atomic E-state index is 12.4. The largest absolute Gasteiger partial charge is 0.488 e. The molecule has 0 bridgehead atoms. The van der Waals surface area contributed by atoms with Crippen LogP contribution in [0.4, 0.5) is 15.3 Å². The Labute approximate surface area is 202 Å². The van der Waals surface area contributed by atoms with Gasteiger partial charge >= 0.3 is 19.3 Å². The number of carbonyl (C=O) groups excluding carboxylic acids is 2. The zero-order valence-corrected chi connectivity index (χ0v) is 20.8. The summed E-state index contributed by atoms with van der Waals surface area (Å²) in [6.45, 7) is 9.87. The second-order valence-electron chi connectivity index (χ2n) is 9.35. The first-order chi connectivity index (χ1) is 15.9. The first kappa shape index (κ1) is 27.2. The van der Waals surface area contributed by atoms with Crippen molar-refractivity contribution in [3.8, 4) is 0 Å². The molecule has 9 heteroatoms. The van der Waals surface area contributed by atoms with Crippen LogP contribution in [-0.2, 0) is 22.4 Å². The summed E-state index contributed by atoms with van der Waals surface area (Å²) in [5.41, 5.74) is 3.22. The molecule has 0 aromatic heterocycles. The Morgan fingerprint density at radius 2 is 1.85 bits per heavy atom. The first-order valence-corrected chi connectivity index (χ1v) is 11.3. The Morgan fingerprint density at radius 3 is 2.47 bits per heavy atom. The molecule has 3 N–H and O–H groups in total. The molecular weight excluding hydrogens is 435 g/mol. The lowest BCUT2D eigenvalue weighted by molar-refractivity contribution is 0.0285. The van der Waals surface area contributed by atoms with Crippen LogP contribution in [0.15, 0.2) is 42.5 Å². The van der Waals surface area contributed by atoms with Gasteiger partial charge in [-0.25, -0.2) is 9.59 Å². The molecule has 0 aliphatic rings. The summed E-state index contributed by atoms with van der Waals surface area (Å²) in [5, 5.41) is 21.5. The van der Waals surface area contributed by atoms with Gasteiger partial charge < -0.3 is 24.4 Å². The average molecular weight is 470 g/mol. The van der Waals surface area contributed by atoms with E-state index in [4.69, 9.17) is 9.47 Å². The highest BCUT2D eigenvalue weighted by Crippen LogP contribution is 2.21. The molecule has 0 fully saturated rings. The molecule has 2 aromatic carbocycles. The number of hydrogen-bond acceptors (Lipinski definition) is 6. The molecule has 1 atom stereocenters. The maximum atomic E-state index is 12.4. The van der Waals surface area contributed by atoms with Gasteiger partial charge in [-0.1, -0.05) is 44.2 Å². The molecule has 2 aromatic rings. The third kappa shape index (κ3) is 8.39. The van der Waals surface area contributed by atoms with Crippen molar-refractivity contribution >= 4 is 30.5 Å². The second-order valence-corrected chi connectivity index (χ2v) is 9.35. The topological polar surface area (TPSA) is 108 Å². The number of amides is 2. The van der Waals surface area contributed by atoms with Gasteiger partial charge in [0.05, 0.1) is 6.61 Å². The van der Waals surface area contributed by atoms with Crippen LogP contribution < -0.4 is 10.8 Å². The Morgan fingerprint density at radius 1 is 1.15 bits per heavy atom. The molecule has 0 aliphatic carbocycles. The van der Waals surface area contributed by atoms with Gasteiger partial charge in [0, 0.05) is 25.2 Å². The number of rotatable bonds is 8. The van der Waals surface area contributed by atoms with E-state index in [0.29, 0.717) is 17.7 Å². The van der Waals surface area contributed by atoms with E-state index in [1.165, 1.54) is 4.90 Å². The van der Waals surface area contributed by atoms with Crippen molar-refractivity contribution < 1.29 is 29.1 Å². The third-order valence-corrected chi connectivity index (χ3v) is 5.14. The van der Waals surface area contributed by atoms with Crippen molar-refractivity contribution in [2.45, 2.75) is 59.1 Å². The van der Waals surface area contributed by atoms with Crippen LogP contribution in [0.3, 0.4) is 0 Å². The molecule has 8 nitrogen and oxygen atoms in total. The molecule has 34 heavy (non-hydrogen) atoms. The summed E-state index contributed by atoms with van der Waals surface area (Å²) in [6.07, 6.45) is -0.283. The van der Waals surface area contributed by atoms with Crippen LogP contribution in [-0.4, -0.2) is 53.5 Å². The summed E-state index contributed by atoms with van der Waals surface area (Å²) < 4.78 is 10.8. The highest BCUT2D eigenvalue weighted by molar-refractivity contribution is 6.58. The van der Waals surface area contributed by atoms with Crippen LogP contribution in [0.5, 0.6) is 0 Å². The number of nitrogens with zero attached hydrogens (tertiary/aromatic N) is 1. The molecule has 2 rings (SSSR count). The van der Waals surface area contributed by atoms with E-state index < -0.39 is 24.9 Å². The van der Waals surface area contributed by atoms with Crippen LogP contribution in [0.1, 0.15) is 57.2 Å². The molecule has 0 unspecified atom stereocenters. The lowest BCUT2D eigenvalue weighted by Crippen LogP contribution is -2.33. The van der Waals surface area contributed by atoms with Crippen LogP contribution in [0, 0.1) is 0 Å². The highest BCUT2D eigenvalue weighted by atomic mass is 16.6. The van der Waals surface area contributed by atoms with E-state index in [9.17, 15) is 19.6 Å². The number of carbonyl (C=O) groups is 2. The zero-order valence-electron chi connectivity index (χ0n) is 20.8. The molecule has 184 valence electrons. The Bertz CT molecular complexity index is 990. The summed E-state index contributed by atoms with van der Waals surface area (Å²) in [5.74, 6) is -0.0700. The van der Waals surface area contributed by atoms with Crippen molar-refractivity contribution in [2.24, 2.45) is 0 Å². The van der Waals surface area contributed by atoms with E-state index in [-0.39, 0.29) is 12.5 Å². The van der Waals surface area contributed by atoms with Crippen molar-refractivity contribution in [2.75, 3.05) is 19.0 Å². The molecule has 0 radical (unpaired) electrons. The molecule has 2 amide bonds. The van der Waals surface area contributed by atoms with Crippen LogP contribution in [0.2, 0.25) is 0 Å². The van der Waals surface area contributed by atoms with Gasteiger partial charge in [0.25, 0.3) is 0 Å². The van der Waals surface area contributed by atoms with Gasteiger partial charge in [-0.3, -0.25) is 5.32 Å². The van der Waals surface area contributed by atoms with Crippen LogP contribution in [0.25, 0.3) is 0 Å². The van der Waals surface area contributed by atoms with Gasteiger partial charge in [-0.05, 0) is 61.5 Å². The third-order valence-electron chi connectivity index (χ3n) is 5.14. The first-order valence-electron chi connectivity index (χ1n) is 11.3. The Balaban J connectivity index is 1.94. The number of anilines is 1. The van der Waals surface area contributed by atoms with Crippen molar-refractivity contribution in [3.63, 3.8) is 0 Å². The standard InChI is InChI=1S/C25H35BN2O6/c1-7-19-14-20(26(31)32)11-12-22(19)17(2)16-33-23(29)27-21-10-8-9-18(13-21)15-28(6)24(30)34-25(3,4)5/h8-14,17,31-32H,7,15-16H2,1-6H3,(H,27,29)/t17-/m0/s1. The fourth-order valence-corrected chi connectivity index (χ4v) is 3.44. The molecule has 0 heterocycles. The lowest BCUT2D eigenvalue weighted by atomic mass is 9.77. The Hall–Kier alpha value is -3.04. The minimum atomic E-state index is -1.52. The molecule has 0 saturated carbocycles. The highest BCUT2D eigenvalue weighted by Gasteiger charge is 2.20. The van der Waals surface area contributed by atoms with Crippen molar-refractivity contribution in [1.82, 2.24) is 4.90 Å². The average Bonchev–Trinajstić information content (AvgIpc) is 2.76. The van der Waals surface area contributed by atoms with E-state index >= 15 is 0 Å². The number of aryl methyl sites for hydroxylation is 1. The van der Waals surface area contributed by atoms with Crippen molar-refractivity contribution in [3.05, 3.63) is 59.2 Å². The summed E-state index contributed by atoms with van der Waals surface area (Å²) in [4.78, 5) is 26.0. The number of ether oxygens (including phenoxy) is 2. The minimum absolute atomic E-state index is 0.0700. The van der Waals surface area contributed by atoms with Gasteiger partial charge in [-0.2, -0.15) is 0 Å². The minimum Gasteiger partial charge on any atom is -0.449 e. The van der Waals surface area contributed by atoms with E-state index in [0.717, 1.165) is 23.1 Å². The normalized spacial score (nSPS) is 12.0. The number of hydrogen-bond donors (Lipinski definition) is 3. The van der Waals surface area contributed by atoms with Gasteiger partial charge in [0.1, 0.15) is 5.60 Å². The van der Waals surface area contributed by atoms with Crippen molar-refractivity contribution in [1.29, 1.82) is 0 Å². The van der Waals surface area contributed by atoms with Crippen LogP contribution >= 0.6 is 0 Å². The number of nitrogens with one attached hydrogen (secondary N) is 1. The summed E-state index contributed by atoms with van der Waals surface area (Å²) in [7, 11) is 0.138. The number of benzene rings is 2. The SMILES string of the molecule is CCc1cc(B(O)O)ccc1[C@@H](C)COC(=O)Nc1cccc(CN(C)C(=O)OC(C)(C)C)c1. The fraction of sp³-hybridized carbons (Fsp3) is 0.440. The zero-order chi connectivity index (χ0) is 25.5. The van der Waals surface area contributed by atoms with E-state index in [1.54, 1.807) is 37.4 Å².